The number of unbranched alkanes of at least 4 members (excludes halogenated alkanes) is 1. The number of nitrogens with one attached hydrogen (secondary N) is 2. The van der Waals surface area contributed by atoms with Crippen LogP contribution in [0.5, 0.6) is 23.0 Å². The number of hydrogen-bond acceptors (Lipinski definition) is 12. The highest BCUT2D eigenvalue weighted by molar-refractivity contribution is 7.91. The first kappa shape index (κ1) is 67.8. The summed E-state index contributed by atoms with van der Waals surface area (Å²) in [4.78, 5) is 36.4. The molecule has 3 atom stereocenters. The lowest BCUT2D eigenvalue weighted by Gasteiger charge is -2.15. The number of ether oxygens (including phenoxy) is 6. The molecule has 2 heterocycles. The Morgan fingerprint density at radius 1 is 0.533 bits per heavy atom. The number of aromatic nitrogens is 4. The molecule has 1 unspecified atom stereocenters. The quantitative estimate of drug-likeness (QED) is 0.0215. The molecule has 2 amide bonds. The van der Waals surface area contributed by atoms with Gasteiger partial charge in [0.05, 0.1) is 62.9 Å². The summed E-state index contributed by atoms with van der Waals surface area (Å²) in [6.45, 7) is 15.3. The van der Waals surface area contributed by atoms with E-state index in [0.717, 1.165) is 126 Å². The van der Waals surface area contributed by atoms with Gasteiger partial charge in [-0.2, -0.15) is 0 Å². The van der Waals surface area contributed by atoms with E-state index in [2.05, 4.69) is 50.5 Å². The monoisotopic (exact) mass is 1260 g/mol. The third-order valence-corrected chi connectivity index (χ3v) is 17.9. The Hall–Kier alpha value is -8.10. The van der Waals surface area contributed by atoms with E-state index in [-0.39, 0.29) is 11.8 Å². The second-order valence-corrected chi connectivity index (χ2v) is 24.8. The number of methoxy groups -OCH3 is 2. The van der Waals surface area contributed by atoms with Gasteiger partial charge in [-0.15, -0.1) is 0 Å². The fourth-order valence-electron chi connectivity index (χ4n) is 10.0. The maximum Gasteiger partial charge on any atom is 0.248 e. The molecule has 0 radical (unpaired) electrons. The van der Waals surface area contributed by atoms with Crippen LogP contribution in [-0.2, 0) is 66.0 Å². The van der Waals surface area contributed by atoms with E-state index >= 15 is 0 Å². The molecule has 0 saturated carbocycles. The van der Waals surface area contributed by atoms with Crippen molar-refractivity contribution in [3.63, 3.8) is 0 Å². The summed E-state index contributed by atoms with van der Waals surface area (Å²) in [7, 11) is 3.20. The van der Waals surface area contributed by atoms with Crippen molar-refractivity contribution in [3.8, 4) is 45.3 Å². The van der Waals surface area contributed by atoms with Crippen LogP contribution in [0.1, 0.15) is 93.2 Å². The molecule has 2 aromatic heterocycles. The fraction of sp³-hybridized carbons (Fsp3) is 0.333. The number of carbonyl (C=O) groups is 2. The van der Waals surface area contributed by atoms with Gasteiger partial charge in [-0.3, -0.25) is 9.59 Å². The second-order valence-electron chi connectivity index (χ2n) is 21.9. The van der Waals surface area contributed by atoms with Crippen LogP contribution in [0, 0.1) is 19.8 Å². The summed E-state index contributed by atoms with van der Waals surface area (Å²) in [6.07, 6.45) is 16.0. The van der Waals surface area contributed by atoms with Crippen molar-refractivity contribution in [1.82, 2.24) is 19.1 Å². The minimum Gasteiger partial charge on any atom is -0.611 e. The molecule has 8 rings (SSSR count). The number of benzene rings is 6. The summed E-state index contributed by atoms with van der Waals surface area (Å²) in [5, 5.41) is 5.81. The topological polar surface area (TPSA) is 195 Å². The van der Waals surface area contributed by atoms with Crippen LogP contribution in [-0.4, -0.2) is 93.9 Å². The number of aryl methyl sites for hydroxylation is 4. The van der Waals surface area contributed by atoms with Gasteiger partial charge in [0.1, 0.15) is 36.2 Å². The minimum absolute atomic E-state index is 0.306. The van der Waals surface area contributed by atoms with E-state index in [9.17, 15) is 18.7 Å². The number of nitrogens with zero attached hydrogens (tertiary/aromatic N) is 4. The maximum absolute atomic E-state index is 13.7. The van der Waals surface area contributed by atoms with Crippen molar-refractivity contribution in [2.45, 2.75) is 108 Å². The largest absolute Gasteiger partial charge is 0.611 e. The molecule has 0 aliphatic heterocycles. The molecule has 90 heavy (non-hydrogen) atoms. The molecule has 0 aliphatic carbocycles. The number of amides is 2. The van der Waals surface area contributed by atoms with Crippen LogP contribution >= 0.6 is 0 Å². The molecule has 16 nitrogen and oxygen atoms in total. The zero-order chi connectivity index (χ0) is 63.6. The van der Waals surface area contributed by atoms with Gasteiger partial charge >= 0.3 is 0 Å². The van der Waals surface area contributed by atoms with Crippen molar-refractivity contribution < 1.29 is 47.1 Å². The van der Waals surface area contributed by atoms with Crippen LogP contribution in [0.3, 0.4) is 0 Å². The number of imidazole rings is 2. The Balaban J connectivity index is 0.710. The summed E-state index contributed by atoms with van der Waals surface area (Å²) in [6, 6.07) is 41.6. The average molecular weight is 1260 g/mol. The van der Waals surface area contributed by atoms with Gasteiger partial charge in [0.15, 0.2) is 21.3 Å². The molecule has 6 aromatic carbocycles. The minimum atomic E-state index is -1.33. The molecule has 2 N–H and O–H groups in total. The van der Waals surface area contributed by atoms with E-state index < -0.39 is 22.4 Å². The Kier molecular flexibility index (Phi) is 26.6. The molecular formula is C72H84N6O10S2. The van der Waals surface area contributed by atoms with Gasteiger partial charge in [0.25, 0.3) is 0 Å². The summed E-state index contributed by atoms with van der Waals surface area (Å²) in [5.74, 6) is 3.32. The fourth-order valence-corrected chi connectivity index (χ4v) is 12.5. The van der Waals surface area contributed by atoms with Crippen molar-refractivity contribution in [1.29, 1.82) is 0 Å². The zero-order valence-electron chi connectivity index (χ0n) is 52.7. The maximum atomic E-state index is 13.7. The lowest BCUT2D eigenvalue weighted by molar-refractivity contribution is -0.112. The van der Waals surface area contributed by atoms with Crippen LogP contribution in [0.25, 0.3) is 34.4 Å². The van der Waals surface area contributed by atoms with E-state index in [0.29, 0.717) is 83.1 Å². The predicted molar refractivity (Wildman–Crippen MR) is 360 cm³/mol. The molecule has 0 bridgehead atoms. The van der Waals surface area contributed by atoms with E-state index in [1.807, 2.05) is 105 Å². The van der Waals surface area contributed by atoms with E-state index in [1.165, 1.54) is 12.2 Å². The summed E-state index contributed by atoms with van der Waals surface area (Å²) >= 11 is -2.59. The highest BCUT2D eigenvalue weighted by Crippen LogP contribution is 2.32. The van der Waals surface area contributed by atoms with Crippen molar-refractivity contribution in [2.24, 2.45) is 5.92 Å². The van der Waals surface area contributed by atoms with Crippen molar-refractivity contribution in [2.75, 3.05) is 64.5 Å². The number of hydrogen-bond donors (Lipinski definition) is 2. The second kappa shape index (κ2) is 35.3. The van der Waals surface area contributed by atoms with Gasteiger partial charge in [-0.05, 0) is 206 Å². The smallest absolute Gasteiger partial charge is 0.248 e. The molecule has 474 valence electrons. The number of anilines is 2. The third-order valence-electron chi connectivity index (χ3n) is 15.2. The SMILES string of the molecule is CCCCOCCOc1ccc(-c2ccc(OC)c(/C=C/C(=O)Nc3ccc([S@@+]([O-])Cc4c(C)ncn4CCCC(C)CCOCCOc4ccc(-c5ccc(OC)c(/C=C/C(=O)Nc6ccc([S@+]([O-])Cc7c(C)ncn7CCC)cc6)c5)cc4)cc3)c2)cc1. The Bertz CT molecular complexity index is 3590. The van der Waals surface area contributed by atoms with Crippen LogP contribution in [0.2, 0.25) is 0 Å². The standard InChI is InChI=1S/C72H84N6O10S2/c1-8-10-40-85-42-44-87-63-25-13-55(14-26-63)57-17-33-69(83-6)59(46-57)20-36-72(80)76-62-23-31-66(32-24-62)90(82)49-68-54(5)74-51-78(68)39-11-12-52(3)37-41-86-43-45-88-64-27-15-56(16-28-64)58-18-34-70(84-7)60(47-58)19-35-71(79)75-61-21-29-65(30-22-61)89(81)48-67-53(4)73-50-77(67)38-9-2/h13-36,46-47,50-52H,8-12,37-45,48-49H2,1-7H3,(H,75,79)(H,76,80)/b35-19+,36-20+/t52?,89-,90+/m1/s1. The average Bonchev–Trinajstić information content (AvgIpc) is 1.87. The zero-order valence-corrected chi connectivity index (χ0v) is 54.4. The van der Waals surface area contributed by atoms with Crippen molar-refractivity contribution >= 4 is 57.7 Å². The van der Waals surface area contributed by atoms with Gasteiger partial charge in [0, 0.05) is 61.0 Å². The molecule has 0 aliphatic rings. The highest BCUT2D eigenvalue weighted by Gasteiger charge is 2.20. The highest BCUT2D eigenvalue weighted by atomic mass is 32.2. The summed E-state index contributed by atoms with van der Waals surface area (Å²) in [5.41, 5.74) is 10.3. The molecule has 18 heteroatoms. The number of carbonyl (C=O) groups excluding carboxylic acids is 2. The first-order valence-corrected chi connectivity index (χ1v) is 33.4. The third kappa shape index (κ3) is 20.5. The van der Waals surface area contributed by atoms with Crippen molar-refractivity contribution in [3.05, 3.63) is 192 Å². The molecule has 0 spiro atoms. The van der Waals surface area contributed by atoms with Gasteiger partial charge in [-0.25, -0.2) is 9.97 Å². The first-order valence-electron chi connectivity index (χ1n) is 30.7. The lowest BCUT2D eigenvalue weighted by atomic mass is 10.0. The molecule has 0 saturated heterocycles. The summed E-state index contributed by atoms with van der Waals surface area (Å²) < 4.78 is 65.7. The van der Waals surface area contributed by atoms with E-state index in [4.69, 9.17) is 28.4 Å². The van der Waals surface area contributed by atoms with Crippen LogP contribution in [0.4, 0.5) is 11.4 Å². The molecule has 0 fully saturated rings. The molecule has 8 aromatic rings. The van der Waals surface area contributed by atoms with Crippen LogP contribution < -0.4 is 29.6 Å². The Morgan fingerprint density at radius 3 is 1.42 bits per heavy atom. The normalized spacial score (nSPS) is 12.5. The van der Waals surface area contributed by atoms with Crippen LogP contribution in [0.15, 0.2) is 168 Å². The van der Waals surface area contributed by atoms with Gasteiger partial charge in [0.2, 0.25) is 11.8 Å². The molecular weight excluding hydrogens is 1170 g/mol. The number of rotatable bonds is 36. The first-order chi connectivity index (χ1) is 43.8. The predicted octanol–water partition coefficient (Wildman–Crippen LogP) is 14.5. The van der Waals surface area contributed by atoms with Gasteiger partial charge in [-0.1, -0.05) is 63.6 Å². The Labute approximate surface area is 536 Å². The Morgan fingerprint density at radius 2 is 0.978 bits per heavy atom. The van der Waals surface area contributed by atoms with Gasteiger partial charge < -0.3 is 57.3 Å². The lowest BCUT2D eigenvalue weighted by Crippen LogP contribution is -2.12. The van der Waals surface area contributed by atoms with E-state index in [1.54, 1.807) is 81.2 Å².